The number of carbonyl (C=O) groups is 2. The lowest BCUT2D eigenvalue weighted by Gasteiger charge is -2.46. The summed E-state index contributed by atoms with van der Waals surface area (Å²) in [6, 6.07) is 4.03. The van der Waals surface area contributed by atoms with Crippen molar-refractivity contribution in [3.05, 3.63) is 23.9 Å². The number of nitrogens with zero attached hydrogens (tertiary/aromatic N) is 3. The van der Waals surface area contributed by atoms with Crippen LogP contribution in [0.4, 0.5) is 0 Å². The lowest BCUT2D eigenvalue weighted by Crippen LogP contribution is -2.55. The third kappa shape index (κ3) is 2.42. The molecule has 1 aromatic rings. The highest BCUT2D eigenvalue weighted by molar-refractivity contribution is 5.97. The Morgan fingerprint density at radius 3 is 2.69 bits per heavy atom. The van der Waals surface area contributed by atoms with Crippen LogP contribution in [0.3, 0.4) is 0 Å². The van der Waals surface area contributed by atoms with Crippen molar-refractivity contribution in [3.63, 3.8) is 0 Å². The highest BCUT2D eigenvalue weighted by atomic mass is 16.5. The molecule has 0 aromatic carbocycles. The lowest BCUT2D eigenvalue weighted by molar-refractivity contribution is -0.136. The first-order valence-electron chi connectivity index (χ1n) is 9.56. The molecule has 4 atom stereocenters. The van der Waals surface area contributed by atoms with E-state index in [1.165, 1.54) is 0 Å². The van der Waals surface area contributed by atoms with Crippen LogP contribution in [0.1, 0.15) is 56.3 Å². The molecule has 3 fully saturated rings. The Balaban J connectivity index is 1.76. The number of likely N-dealkylation sites (tertiary alicyclic amines) is 2. The Morgan fingerprint density at radius 1 is 1.27 bits per heavy atom. The van der Waals surface area contributed by atoms with Gasteiger partial charge in [0, 0.05) is 37.2 Å². The molecule has 1 aromatic heterocycles. The van der Waals surface area contributed by atoms with E-state index in [-0.39, 0.29) is 35.4 Å². The van der Waals surface area contributed by atoms with E-state index in [0.717, 1.165) is 32.1 Å². The number of aromatic nitrogens is 1. The van der Waals surface area contributed by atoms with Crippen LogP contribution in [0.5, 0.6) is 5.88 Å². The fourth-order valence-corrected chi connectivity index (χ4v) is 5.68. The minimum atomic E-state index is -0.0316. The molecule has 0 unspecified atom stereocenters. The monoisotopic (exact) mass is 357 g/mol. The Morgan fingerprint density at radius 2 is 2.00 bits per heavy atom. The van der Waals surface area contributed by atoms with Crippen molar-refractivity contribution in [1.82, 2.24) is 14.8 Å². The SMILES string of the molecule is COc1ncccc1C(=O)N1[C@@H]2CN(C(C)=O)[C@@H]3CCCC[C@H]1[C@]3(C)C2. The Kier molecular flexibility index (Phi) is 4.16. The third-order valence-electron chi connectivity index (χ3n) is 6.75. The highest BCUT2D eigenvalue weighted by Crippen LogP contribution is 2.53. The lowest BCUT2D eigenvalue weighted by atomic mass is 9.71. The van der Waals surface area contributed by atoms with Gasteiger partial charge < -0.3 is 14.5 Å². The van der Waals surface area contributed by atoms with Gasteiger partial charge in [-0.2, -0.15) is 0 Å². The smallest absolute Gasteiger partial charge is 0.259 e. The summed E-state index contributed by atoms with van der Waals surface area (Å²) in [5, 5.41) is 0. The molecule has 2 bridgehead atoms. The molecular formula is C20H27N3O3. The number of pyridine rings is 1. The van der Waals surface area contributed by atoms with Crippen LogP contribution in [0, 0.1) is 5.41 Å². The molecule has 6 nitrogen and oxygen atoms in total. The van der Waals surface area contributed by atoms with Crippen LogP contribution in [0.25, 0.3) is 0 Å². The number of hydrogen-bond donors (Lipinski definition) is 0. The van der Waals surface area contributed by atoms with Crippen molar-refractivity contribution in [2.45, 2.75) is 64.1 Å². The molecule has 3 heterocycles. The molecular weight excluding hydrogens is 330 g/mol. The van der Waals surface area contributed by atoms with Gasteiger partial charge >= 0.3 is 0 Å². The van der Waals surface area contributed by atoms with Crippen molar-refractivity contribution >= 4 is 11.8 Å². The standard InChI is InChI=1S/C20H27N3O3/c1-13(24)22-12-14-11-20(2)16(22)8-4-5-9-17(20)23(14)19(25)15-7-6-10-21-18(15)26-3/h6-7,10,14,16-17H,4-5,8-9,11-12H2,1-3H3/t14-,16+,17-,20+/m0/s1. The molecule has 1 aliphatic carbocycles. The summed E-state index contributed by atoms with van der Waals surface area (Å²) in [6.07, 6.45) is 6.87. The van der Waals surface area contributed by atoms with Crippen molar-refractivity contribution in [2.75, 3.05) is 13.7 Å². The minimum Gasteiger partial charge on any atom is -0.480 e. The summed E-state index contributed by atoms with van der Waals surface area (Å²) in [6.45, 7) is 4.58. The van der Waals surface area contributed by atoms with Crippen molar-refractivity contribution in [1.29, 1.82) is 0 Å². The van der Waals surface area contributed by atoms with E-state index in [4.69, 9.17) is 4.74 Å². The van der Waals surface area contributed by atoms with Gasteiger partial charge in [0.25, 0.3) is 5.91 Å². The maximum Gasteiger partial charge on any atom is 0.259 e. The van der Waals surface area contributed by atoms with Crippen LogP contribution < -0.4 is 4.74 Å². The van der Waals surface area contributed by atoms with Crippen LogP contribution in [0.2, 0.25) is 0 Å². The fraction of sp³-hybridized carbons (Fsp3) is 0.650. The Bertz CT molecular complexity index is 737. The van der Waals surface area contributed by atoms with Crippen LogP contribution in [0.15, 0.2) is 18.3 Å². The summed E-state index contributed by atoms with van der Waals surface area (Å²) in [5.41, 5.74) is 0.484. The second kappa shape index (κ2) is 6.25. The number of methoxy groups -OCH3 is 1. The first kappa shape index (κ1) is 17.3. The number of carbonyl (C=O) groups excluding carboxylic acids is 2. The zero-order chi connectivity index (χ0) is 18.5. The fourth-order valence-electron chi connectivity index (χ4n) is 5.68. The average molecular weight is 357 g/mol. The Labute approximate surface area is 154 Å². The molecule has 1 saturated carbocycles. The molecule has 140 valence electrons. The third-order valence-corrected chi connectivity index (χ3v) is 6.75. The summed E-state index contributed by atoms with van der Waals surface area (Å²) in [5.74, 6) is 0.484. The zero-order valence-electron chi connectivity index (χ0n) is 15.8. The summed E-state index contributed by atoms with van der Waals surface area (Å²) < 4.78 is 5.33. The van der Waals surface area contributed by atoms with Gasteiger partial charge in [-0.05, 0) is 31.4 Å². The van der Waals surface area contributed by atoms with Gasteiger partial charge in [-0.1, -0.05) is 19.8 Å². The largest absolute Gasteiger partial charge is 0.480 e. The topological polar surface area (TPSA) is 62.7 Å². The molecule has 6 heteroatoms. The van der Waals surface area contributed by atoms with E-state index in [2.05, 4.69) is 16.8 Å². The number of fused-ring (bicyclic) bond motifs is 1. The first-order chi connectivity index (χ1) is 12.5. The minimum absolute atomic E-state index is 0.0141. The quantitative estimate of drug-likeness (QED) is 0.816. The average Bonchev–Trinajstić information content (AvgIpc) is 2.75. The van der Waals surface area contributed by atoms with Crippen LogP contribution in [-0.4, -0.2) is 58.4 Å². The molecule has 2 aliphatic heterocycles. The normalized spacial score (nSPS) is 33.0. The molecule has 2 amide bonds. The van der Waals surface area contributed by atoms with E-state index in [1.807, 2.05) is 4.90 Å². The molecule has 4 rings (SSSR count). The molecule has 26 heavy (non-hydrogen) atoms. The molecule has 0 N–H and O–H groups in total. The number of ether oxygens (including phenoxy) is 1. The predicted molar refractivity (Wildman–Crippen MR) is 96.9 cm³/mol. The van der Waals surface area contributed by atoms with Crippen molar-refractivity contribution in [2.24, 2.45) is 5.41 Å². The number of piperidine rings is 1. The second-order valence-electron chi connectivity index (χ2n) is 8.12. The van der Waals surface area contributed by atoms with Gasteiger partial charge in [0.2, 0.25) is 11.8 Å². The summed E-state index contributed by atoms with van der Waals surface area (Å²) in [4.78, 5) is 34.1. The molecule has 0 radical (unpaired) electrons. The van der Waals surface area contributed by atoms with E-state index < -0.39 is 0 Å². The van der Waals surface area contributed by atoms with Crippen LogP contribution in [-0.2, 0) is 4.79 Å². The maximum atomic E-state index is 13.5. The van der Waals surface area contributed by atoms with Gasteiger partial charge in [0.1, 0.15) is 5.56 Å². The van der Waals surface area contributed by atoms with Crippen molar-refractivity contribution in [3.8, 4) is 5.88 Å². The molecule has 0 spiro atoms. The number of rotatable bonds is 2. The van der Waals surface area contributed by atoms with Gasteiger partial charge in [0.05, 0.1) is 13.2 Å². The van der Waals surface area contributed by atoms with Gasteiger partial charge in [0.15, 0.2) is 0 Å². The maximum absolute atomic E-state index is 13.5. The van der Waals surface area contributed by atoms with E-state index >= 15 is 0 Å². The van der Waals surface area contributed by atoms with E-state index in [9.17, 15) is 9.59 Å². The number of hydrogen-bond acceptors (Lipinski definition) is 4. The van der Waals surface area contributed by atoms with Gasteiger partial charge in [-0.3, -0.25) is 9.59 Å². The molecule has 2 saturated heterocycles. The number of amides is 2. The van der Waals surface area contributed by atoms with Gasteiger partial charge in [-0.15, -0.1) is 0 Å². The zero-order valence-corrected chi connectivity index (χ0v) is 15.8. The van der Waals surface area contributed by atoms with Crippen molar-refractivity contribution < 1.29 is 14.3 Å². The van der Waals surface area contributed by atoms with Crippen LogP contribution >= 0.6 is 0 Å². The highest BCUT2D eigenvalue weighted by Gasteiger charge is 2.60. The molecule has 3 aliphatic rings. The summed E-state index contributed by atoms with van der Waals surface area (Å²) in [7, 11) is 1.54. The predicted octanol–water partition coefficient (Wildman–Crippen LogP) is 2.48. The first-order valence-corrected chi connectivity index (χ1v) is 9.56. The van der Waals surface area contributed by atoms with Gasteiger partial charge in [-0.25, -0.2) is 4.98 Å². The van der Waals surface area contributed by atoms with E-state index in [0.29, 0.717) is 18.0 Å². The summed E-state index contributed by atoms with van der Waals surface area (Å²) >= 11 is 0. The Hall–Kier alpha value is -2.11. The second-order valence-corrected chi connectivity index (χ2v) is 8.12. The van der Waals surface area contributed by atoms with E-state index in [1.54, 1.807) is 32.4 Å².